The first-order valence-corrected chi connectivity index (χ1v) is 13.8. The molecule has 2 saturated carbocycles. The van der Waals surface area contributed by atoms with E-state index in [9.17, 15) is 15.2 Å². The zero-order valence-corrected chi connectivity index (χ0v) is 23.7. The van der Waals surface area contributed by atoms with Crippen LogP contribution in [0.3, 0.4) is 0 Å². The average molecular weight is 534 g/mol. The number of hydrogen-bond acceptors (Lipinski definition) is 7. The van der Waals surface area contributed by atoms with Crippen molar-refractivity contribution in [3.63, 3.8) is 0 Å². The number of hydrogen-bond donors (Lipinski definition) is 2. The summed E-state index contributed by atoms with van der Waals surface area (Å²) < 4.78 is 5.85. The molecule has 8 heteroatoms. The predicted molar refractivity (Wildman–Crippen MR) is 156 cm³/mol. The van der Waals surface area contributed by atoms with Crippen LogP contribution in [0.1, 0.15) is 85.0 Å². The maximum Gasteiger partial charge on any atom is 0.293 e. The topological polar surface area (TPSA) is 124 Å². The summed E-state index contributed by atoms with van der Waals surface area (Å²) in [6.45, 7) is 14.9. The van der Waals surface area contributed by atoms with Gasteiger partial charge in [-0.2, -0.15) is 10.4 Å². The van der Waals surface area contributed by atoms with Crippen molar-refractivity contribution in [2.45, 2.75) is 90.6 Å². The van der Waals surface area contributed by atoms with Crippen LogP contribution in [0.4, 0.5) is 0 Å². The van der Waals surface area contributed by atoms with E-state index in [1.165, 1.54) is 0 Å². The summed E-state index contributed by atoms with van der Waals surface area (Å²) in [4.78, 5) is 16.1. The van der Waals surface area contributed by atoms with Crippen LogP contribution in [-0.2, 0) is 9.53 Å². The largest absolute Gasteiger partial charge is 0.512 e. The summed E-state index contributed by atoms with van der Waals surface area (Å²) in [5, 5.41) is 26.8. The van der Waals surface area contributed by atoms with Gasteiger partial charge in [0.15, 0.2) is 0 Å². The number of carbonyl (C=O) groups is 1. The zero-order chi connectivity index (χ0) is 28.6. The molecular weight excluding hydrogens is 490 g/mol. The van der Waals surface area contributed by atoms with Gasteiger partial charge in [0.05, 0.1) is 17.2 Å². The Morgan fingerprint density at radius 3 is 2.64 bits per heavy atom. The van der Waals surface area contributed by atoms with Crippen molar-refractivity contribution in [3.05, 3.63) is 59.6 Å². The van der Waals surface area contributed by atoms with E-state index >= 15 is 0 Å². The van der Waals surface area contributed by atoms with Gasteiger partial charge in [-0.25, -0.2) is 5.01 Å². The van der Waals surface area contributed by atoms with E-state index in [2.05, 4.69) is 29.3 Å². The highest BCUT2D eigenvalue weighted by molar-refractivity contribution is 5.93. The highest BCUT2D eigenvalue weighted by Gasteiger charge is 2.45. The van der Waals surface area contributed by atoms with E-state index in [0.29, 0.717) is 43.8 Å². The summed E-state index contributed by atoms with van der Waals surface area (Å²) in [5.41, 5.74) is 9.24. The number of amidine groups is 1. The standard InChI is InChI=1S/C31H43N5O3/c1-22(10-11-24(3)30(19-32)14-15-30)12-13-31(39-21-37,27-8-6-7-9-27)18-28(38)23(2)16-29(33)35-36-20-34-25(4)17-26(36)5/h10-11,17,21,27,38H,1,3,6-9,12-16,18,20H2,2,4-5H3,(H2,33,35)/b11-10?,28-23-. The molecule has 0 bridgehead atoms. The number of aliphatic hydroxyl groups excluding tert-OH is 1. The molecule has 39 heavy (non-hydrogen) atoms. The van der Waals surface area contributed by atoms with Crippen LogP contribution in [0.2, 0.25) is 0 Å². The SMILES string of the molecule is C=C(C=CC(=C)C1(C#N)CC1)CCC(C/C(O)=C(\C)C/C(N)=N/N1CN=C(C)C=C1C)(OC=O)C1CCCC1. The van der Waals surface area contributed by atoms with Gasteiger partial charge in [-0.1, -0.05) is 43.7 Å². The molecule has 3 rings (SSSR count). The highest BCUT2D eigenvalue weighted by Crippen LogP contribution is 2.51. The molecule has 1 aliphatic heterocycles. The molecule has 3 N–H and O–H groups in total. The van der Waals surface area contributed by atoms with E-state index in [1.807, 2.05) is 39.0 Å². The zero-order valence-electron chi connectivity index (χ0n) is 23.7. The van der Waals surface area contributed by atoms with Crippen molar-refractivity contribution in [1.29, 1.82) is 5.26 Å². The summed E-state index contributed by atoms with van der Waals surface area (Å²) in [6.07, 6.45) is 13.1. The molecule has 0 spiro atoms. The third kappa shape index (κ3) is 7.72. The third-order valence-electron chi connectivity index (χ3n) is 8.28. The van der Waals surface area contributed by atoms with Crippen molar-refractivity contribution in [1.82, 2.24) is 5.01 Å². The first-order chi connectivity index (χ1) is 18.5. The van der Waals surface area contributed by atoms with Crippen LogP contribution >= 0.6 is 0 Å². The van der Waals surface area contributed by atoms with Crippen LogP contribution in [-0.4, -0.2) is 40.4 Å². The second-order valence-corrected chi connectivity index (χ2v) is 11.3. The molecule has 0 aromatic rings. The monoisotopic (exact) mass is 533 g/mol. The number of nitriles is 1. The highest BCUT2D eigenvalue weighted by atomic mass is 16.5. The van der Waals surface area contributed by atoms with Gasteiger partial charge in [-0.3, -0.25) is 9.79 Å². The molecule has 1 heterocycles. The maximum atomic E-state index is 11.7. The number of aliphatic imine (C=N–C) groups is 1. The Morgan fingerprint density at radius 2 is 2.05 bits per heavy atom. The van der Waals surface area contributed by atoms with Crippen LogP contribution in [0.25, 0.3) is 0 Å². The Kier molecular flexibility index (Phi) is 9.96. The molecule has 2 aliphatic carbocycles. The lowest BCUT2D eigenvalue weighted by atomic mass is 9.77. The Morgan fingerprint density at radius 1 is 1.36 bits per heavy atom. The van der Waals surface area contributed by atoms with E-state index < -0.39 is 11.0 Å². The Labute approximate surface area is 233 Å². The Balaban J connectivity index is 1.72. The second-order valence-electron chi connectivity index (χ2n) is 11.3. The molecule has 2 fully saturated rings. The van der Waals surface area contributed by atoms with Crippen LogP contribution in [0, 0.1) is 22.7 Å². The summed E-state index contributed by atoms with van der Waals surface area (Å²) >= 11 is 0. The number of nitrogens with zero attached hydrogens (tertiary/aromatic N) is 4. The van der Waals surface area contributed by atoms with Gasteiger partial charge in [0.1, 0.15) is 18.1 Å². The quantitative estimate of drug-likeness (QED) is 0.0880. The normalized spacial score (nSPS) is 21.4. The predicted octanol–water partition coefficient (Wildman–Crippen LogP) is 6.36. The number of hydrazone groups is 1. The second kappa shape index (κ2) is 13.0. The lowest BCUT2D eigenvalue weighted by Crippen LogP contribution is -2.40. The van der Waals surface area contributed by atoms with E-state index in [0.717, 1.165) is 61.1 Å². The molecule has 1 unspecified atom stereocenters. The smallest absolute Gasteiger partial charge is 0.293 e. The number of nitrogens with two attached hydrogens (primary N) is 1. The molecular formula is C31H43N5O3. The number of aliphatic hydroxyl groups is 1. The maximum absolute atomic E-state index is 11.7. The van der Waals surface area contributed by atoms with Crippen LogP contribution < -0.4 is 5.73 Å². The molecule has 3 aliphatic rings. The van der Waals surface area contributed by atoms with Crippen molar-refractivity contribution in [2.24, 2.45) is 27.2 Å². The molecule has 0 saturated heterocycles. The average Bonchev–Trinajstić information content (AvgIpc) is 3.50. The summed E-state index contributed by atoms with van der Waals surface area (Å²) in [7, 11) is 0. The lowest BCUT2D eigenvalue weighted by molar-refractivity contribution is -0.152. The van der Waals surface area contributed by atoms with Gasteiger partial charge in [0, 0.05) is 24.3 Å². The van der Waals surface area contributed by atoms with Crippen molar-refractivity contribution < 1.29 is 14.6 Å². The van der Waals surface area contributed by atoms with Gasteiger partial charge in [0.25, 0.3) is 6.47 Å². The minimum absolute atomic E-state index is 0.144. The number of ether oxygens (including phenoxy) is 1. The molecule has 0 aromatic carbocycles. The van der Waals surface area contributed by atoms with E-state index in [-0.39, 0.29) is 18.1 Å². The molecule has 0 radical (unpaired) electrons. The van der Waals surface area contributed by atoms with E-state index in [4.69, 9.17) is 10.5 Å². The lowest BCUT2D eigenvalue weighted by Gasteiger charge is -2.38. The summed E-state index contributed by atoms with van der Waals surface area (Å²) in [5.74, 6) is 0.681. The first-order valence-electron chi connectivity index (χ1n) is 13.8. The van der Waals surface area contributed by atoms with Gasteiger partial charge in [0.2, 0.25) is 0 Å². The minimum atomic E-state index is -0.841. The van der Waals surface area contributed by atoms with Gasteiger partial charge in [-0.15, -0.1) is 0 Å². The van der Waals surface area contributed by atoms with Gasteiger partial charge < -0.3 is 15.6 Å². The summed E-state index contributed by atoms with van der Waals surface area (Å²) in [6, 6.07) is 2.36. The Hall–Kier alpha value is -3.60. The molecule has 210 valence electrons. The molecule has 8 nitrogen and oxygen atoms in total. The third-order valence-corrected chi connectivity index (χ3v) is 8.28. The number of rotatable bonds is 14. The number of carbonyl (C=O) groups excluding carboxylic acids is 1. The van der Waals surface area contributed by atoms with Crippen LogP contribution in [0.5, 0.6) is 0 Å². The molecule has 0 aromatic heterocycles. The molecule has 0 amide bonds. The van der Waals surface area contributed by atoms with Gasteiger partial charge >= 0.3 is 0 Å². The minimum Gasteiger partial charge on any atom is -0.512 e. The fourth-order valence-corrected chi connectivity index (χ4v) is 5.47. The van der Waals surface area contributed by atoms with E-state index in [1.54, 1.807) is 5.01 Å². The van der Waals surface area contributed by atoms with Crippen LogP contribution in [0.15, 0.2) is 69.7 Å². The van der Waals surface area contributed by atoms with Gasteiger partial charge in [-0.05, 0) is 82.4 Å². The Bertz CT molecular complexity index is 1160. The fourth-order valence-electron chi connectivity index (χ4n) is 5.47. The number of allylic oxidation sites excluding steroid dienone is 6. The van der Waals surface area contributed by atoms with Crippen molar-refractivity contribution in [2.75, 3.05) is 6.67 Å². The van der Waals surface area contributed by atoms with Crippen molar-refractivity contribution in [3.8, 4) is 6.07 Å². The first kappa shape index (κ1) is 29.9. The fraction of sp³-hybridized carbons (Fsp3) is 0.548. The van der Waals surface area contributed by atoms with Crippen molar-refractivity contribution >= 4 is 18.0 Å². The molecule has 1 atom stereocenters.